The van der Waals surface area contributed by atoms with E-state index >= 15 is 0 Å². The van der Waals surface area contributed by atoms with E-state index in [1.54, 1.807) is 11.3 Å². The van der Waals surface area contributed by atoms with Gasteiger partial charge in [-0.15, -0.1) is 0 Å². The molecule has 0 aliphatic carbocycles. The van der Waals surface area contributed by atoms with Crippen LogP contribution >= 0.6 is 11.3 Å². The minimum Gasteiger partial charge on any atom is -0.378 e. The Hall–Kier alpha value is -2.59. The van der Waals surface area contributed by atoms with Gasteiger partial charge in [0.05, 0.1) is 15.9 Å². The van der Waals surface area contributed by atoms with Crippen molar-refractivity contribution in [1.82, 2.24) is 9.38 Å². The standard InChI is InChI=1S/C22H23N3S/c1-4-5-6-7-16-8-13-20-21(14-16)26-22-23-19(15-25(20)22)17-9-11-18(12-10-17)24(2)3/h4-5,8-15H,6-7H2,1-3H3/b5-4+. The molecule has 0 N–H and O–H groups in total. The van der Waals surface area contributed by atoms with Crippen molar-refractivity contribution in [3.8, 4) is 11.3 Å². The molecule has 0 spiro atoms. The van der Waals surface area contributed by atoms with Crippen LogP contribution in [0.4, 0.5) is 5.69 Å². The van der Waals surface area contributed by atoms with E-state index in [2.05, 4.69) is 91.1 Å². The predicted molar refractivity (Wildman–Crippen MR) is 113 cm³/mol. The first-order valence-electron chi connectivity index (χ1n) is 8.95. The van der Waals surface area contributed by atoms with Crippen molar-refractivity contribution in [2.45, 2.75) is 19.8 Å². The molecule has 0 aliphatic heterocycles. The average molecular weight is 362 g/mol. The highest BCUT2D eigenvalue weighted by molar-refractivity contribution is 7.23. The quantitative estimate of drug-likeness (QED) is 0.419. The smallest absolute Gasteiger partial charge is 0.195 e. The maximum Gasteiger partial charge on any atom is 0.195 e. The molecule has 0 aliphatic rings. The van der Waals surface area contributed by atoms with Crippen LogP contribution in [0.15, 0.2) is 60.8 Å². The van der Waals surface area contributed by atoms with Gasteiger partial charge in [0.1, 0.15) is 0 Å². The second-order valence-corrected chi connectivity index (χ2v) is 7.74. The fraction of sp³-hybridized carbons (Fsp3) is 0.227. The molecule has 2 aromatic carbocycles. The van der Waals surface area contributed by atoms with Gasteiger partial charge < -0.3 is 4.90 Å². The first-order chi connectivity index (χ1) is 12.7. The minimum atomic E-state index is 1.03. The number of rotatable bonds is 5. The first-order valence-corrected chi connectivity index (χ1v) is 9.77. The van der Waals surface area contributed by atoms with Crippen LogP contribution in [0.2, 0.25) is 0 Å². The number of imidazole rings is 1. The van der Waals surface area contributed by atoms with Gasteiger partial charge in [-0.1, -0.05) is 41.7 Å². The van der Waals surface area contributed by atoms with E-state index in [1.165, 1.54) is 21.5 Å². The van der Waals surface area contributed by atoms with E-state index in [-0.39, 0.29) is 0 Å². The Kier molecular flexibility index (Phi) is 4.51. The Morgan fingerprint density at radius 3 is 2.65 bits per heavy atom. The molecular formula is C22H23N3S. The SMILES string of the molecule is C/C=C/CCc1ccc2c(c1)sc1nc(-c3ccc(N(C)C)cc3)cn12. The van der Waals surface area contributed by atoms with E-state index < -0.39 is 0 Å². The molecule has 4 aromatic rings. The molecule has 0 amide bonds. The Balaban J connectivity index is 1.67. The van der Waals surface area contributed by atoms with Crippen LogP contribution < -0.4 is 4.90 Å². The van der Waals surface area contributed by atoms with Crippen LogP contribution in [-0.2, 0) is 6.42 Å². The maximum absolute atomic E-state index is 4.86. The van der Waals surface area contributed by atoms with Gasteiger partial charge in [-0.25, -0.2) is 4.98 Å². The molecule has 0 atom stereocenters. The minimum absolute atomic E-state index is 1.03. The van der Waals surface area contributed by atoms with Crippen LogP contribution in [0, 0.1) is 0 Å². The van der Waals surface area contributed by atoms with Crippen molar-refractivity contribution in [3.05, 3.63) is 66.4 Å². The van der Waals surface area contributed by atoms with Crippen molar-refractivity contribution >= 4 is 32.2 Å². The number of hydrogen-bond acceptors (Lipinski definition) is 3. The number of anilines is 1. The van der Waals surface area contributed by atoms with Gasteiger partial charge in [-0.2, -0.15) is 0 Å². The summed E-state index contributed by atoms with van der Waals surface area (Å²) in [6, 6.07) is 15.3. The van der Waals surface area contributed by atoms with Gasteiger partial charge in [0.15, 0.2) is 4.96 Å². The molecule has 0 bridgehead atoms. The number of fused-ring (bicyclic) bond motifs is 3. The third-order valence-electron chi connectivity index (χ3n) is 4.67. The van der Waals surface area contributed by atoms with Crippen molar-refractivity contribution < 1.29 is 0 Å². The third-order valence-corrected chi connectivity index (χ3v) is 5.69. The first kappa shape index (κ1) is 16.9. The van der Waals surface area contributed by atoms with Gasteiger partial charge in [-0.05, 0) is 49.6 Å². The van der Waals surface area contributed by atoms with Crippen molar-refractivity contribution in [2.75, 3.05) is 19.0 Å². The zero-order chi connectivity index (χ0) is 18.1. The number of aryl methyl sites for hydroxylation is 1. The molecule has 3 nitrogen and oxygen atoms in total. The maximum atomic E-state index is 4.86. The molecule has 0 radical (unpaired) electrons. The Bertz CT molecular complexity index is 1070. The Labute approximate surface area is 158 Å². The third kappa shape index (κ3) is 3.13. The van der Waals surface area contributed by atoms with Crippen LogP contribution in [0.5, 0.6) is 0 Å². The zero-order valence-corrected chi connectivity index (χ0v) is 16.3. The Morgan fingerprint density at radius 1 is 1.12 bits per heavy atom. The highest BCUT2D eigenvalue weighted by Crippen LogP contribution is 2.31. The summed E-state index contributed by atoms with van der Waals surface area (Å²) in [5.41, 5.74) is 6.01. The summed E-state index contributed by atoms with van der Waals surface area (Å²) in [4.78, 5) is 8.02. The van der Waals surface area contributed by atoms with E-state index in [4.69, 9.17) is 4.98 Å². The normalized spacial score (nSPS) is 11.8. The molecule has 2 heterocycles. The van der Waals surface area contributed by atoms with Crippen molar-refractivity contribution in [1.29, 1.82) is 0 Å². The molecule has 0 unspecified atom stereocenters. The molecule has 2 aromatic heterocycles. The lowest BCUT2D eigenvalue weighted by Gasteiger charge is -2.12. The predicted octanol–water partition coefficient (Wildman–Crippen LogP) is 5.79. The summed E-state index contributed by atoms with van der Waals surface area (Å²) in [7, 11) is 4.11. The number of benzene rings is 2. The van der Waals surface area contributed by atoms with E-state index in [0.29, 0.717) is 0 Å². The molecule has 0 saturated heterocycles. The zero-order valence-electron chi connectivity index (χ0n) is 15.4. The van der Waals surface area contributed by atoms with Crippen LogP contribution in [0.3, 0.4) is 0 Å². The summed E-state index contributed by atoms with van der Waals surface area (Å²) < 4.78 is 3.52. The second-order valence-electron chi connectivity index (χ2n) is 6.73. The van der Waals surface area contributed by atoms with Crippen LogP contribution in [-0.4, -0.2) is 23.5 Å². The van der Waals surface area contributed by atoms with Gasteiger partial charge in [0.25, 0.3) is 0 Å². The molecule has 132 valence electrons. The molecule has 0 saturated carbocycles. The van der Waals surface area contributed by atoms with Gasteiger partial charge >= 0.3 is 0 Å². The number of thiazole rings is 1. The Morgan fingerprint density at radius 2 is 1.92 bits per heavy atom. The van der Waals surface area contributed by atoms with Crippen molar-refractivity contribution in [3.63, 3.8) is 0 Å². The average Bonchev–Trinajstić information content (AvgIpc) is 3.19. The van der Waals surface area contributed by atoms with Crippen LogP contribution in [0.25, 0.3) is 26.4 Å². The molecule has 26 heavy (non-hydrogen) atoms. The summed E-state index contributed by atoms with van der Waals surface area (Å²) >= 11 is 1.76. The summed E-state index contributed by atoms with van der Waals surface area (Å²) in [5.74, 6) is 0. The number of aromatic nitrogens is 2. The lowest BCUT2D eigenvalue weighted by atomic mass is 10.1. The fourth-order valence-electron chi connectivity index (χ4n) is 3.19. The summed E-state index contributed by atoms with van der Waals surface area (Å²) in [6.45, 7) is 2.07. The van der Waals surface area contributed by atoms with Crippen molar-refractivity contribution in [2.24, 2.45) is 0 Å². The monoisotopic (exact) mass is 361 g/mol. The number of allylic oxidation sites excluding steroid dienone is 2. The van der Waals surface area contributed by atoms with Crippen LogP contribution in [0.1, 0.15) is 18.9 Å². The topological polar surface area (TPSA) is 20.5 Å². The van der Waals surface area contributed by atoms with Gasteiger partial charge in [0.2, 0.25) is 0 Å². The van der Waals surface area contributed by atoms with Gasteiger partial charge in [-0.3, -0.25) is 4.40 Å². The van der Waals surface area contributed by atoms with E-state index in [9.17, 15) is 0 Å². The van der Waals surface area contributed by atoms with Gasteiger partial charge in [0, 0.05) is 31.5 Å². The molecule has 0 fully saturated rings. The number of nitrogens with zero attached hydrogens (tertiary/aromatic N) is 3. The summed E-state index contributed by atoms with van der Waals surface area (Å²) in [6.07, 6.45) is 8.67. The van der Waals surface area contributed by atoms with E-state index in [0.717, 1.165) is 29.1 Å². The molecule has 4 rings (SSSR count). The lowest BCUT2D eigenvalue weighted by molar-refractivity contribution is 1.00. The number of hydrogen-bond donors (Lipinski definition) is 0. The second kappa shape index (κ2) is 6.96. The summed E-state index contributed by atoms with van der Waals surface area (Å²) in [5, 5.41) is 0. The fourth-order valence-corrected chi connectivity index (χ4v) is 4.26. The largest absolute Gasteiger partial charge is 0.378 e. The molecule has 4 heteroatoms. The molecular weight excluding hydrogens is 338 g/mol. The van der Waals surface area contributed by atoms with E-state index in [1.807, 2.05) is 0 Å². The highest BCUT2D eigenvalue weighted by atomic mass is 32.1. The highest BCUT2D eigenvalue weighted by Gasteiger charge is 2.11. The lowest BCUT2D eigenvalue weighted by Crippen LogP contribution is -2.07.